The van der Waals surface area contributed by atoms with Gasteiger partial charge in [0, 0.05) is 18.8 Å². The molecule has 3 nitrogen and oxygen atoms in total. The molecule has 0 saturated carbocycles. The summed E-state index contributed by atoms with van der Waals surface area (Å²) in [4.78, 5) is 17.9. The average molecular weight is 241 g/mol. The second kappa shape index (κ2) is 5.85. The van der Waals surface area contributed by atoms with Gasteiger partial charge in [0.15, 0.2) is 0 Å². The summed E-state index contributed by atoms with van der Waals surface area (Å²) >= 11 is 5.91. The Morgan fingerprint density at radius 3 is 2.75 bits per heavy atom. The lowest BCUT2D eigenvalue weighted by Gasteiger charge is -2.26. The van der Waals surface area contributed by atoms with Gasteiger partial charge in [-0.1, -0.05) is 18.5 Å². The van der Waals surface area contributed by atoms with Crippen molar-refractivity contribution >= 4 is 17.5 Å². The number of pyridine rings is 1. The molecule has 0 radical (unpaired) electrons. The maximum absolute atomic E-state index is 12.2. The maximum Gasteiger partial charge on any atom is 0.257 e. The summed E-state index contributed by atoms with van der Waals surface area (Å²) in [6.07, 6.45) is 2.51. The molecule has 1 rings (SSSR count). The summed E-state index contributed by atoms with van der Waals surface area (Å²) in [6, 6.07) is 3.61. The van der Waals surface area contributed by atoms with Gasteiger partial charge in [-0.2, -0.15) is 0 Å². The average Bonchev–Trinajstić information content (AvgIpc) is 2.25. The molecule has 1 heterocycles. The van der Waals surface area contributed by atoms with E-state index in [1.54, 1.807) is 18.3 Å². The first kappa shape index (κ1) is 13.0. The van der Waals surface area contributed by atoms with Crippen LogP contribution in [0.25, 0.3) is 0 Å². The van der Waals surface area contributed by atoms with E-state index >= 15 is 0 Å². The Morgan fingerprint density at radius 2 is 2.25 bits per heavy atom. The predicted molar refractivity (Wildman–Crippen MR) is 65.7 cm³/mol. The van der Waals surface area contributed by atoms with Crippen molar-refractivity contribution in [3.8, 4) is 0 Å². The second-order valence-corrected chi connectivity index (χ2v) is 4.29. The van der Waals surface area contributed by atoms with E-state index in [0.717, 1.165) is 13.0 Å². The molecule has 0 bridgehead atoms. The van der Waals surface area contributed by atoms with Crippen molar-refractivity contribution in [1.82, 2.24) is 9.88 Å². The van der Waals surface area contributed by atoms with Gasteiger partial charge < -0.3 is 4.90 Å². The lowest BCUT2D eigenvalue weighted by Crippen LogP contribution is -2.37. The van der Waals surface area contributed by atoms with Gasteiger partial charge >= 0.3 is 0 Å². The number of aromatic nitrogens is 1. The summed E-state index contributed by atoms with van der Waals surface area (Å²) in [7, 11) is 0. The molecule has 0 unspecified atom stereocenters. The zero-order chi connectivity index (χ0) is 12.1. The zero-order valence-electron chi connectivity index (χ0n) is 9.90. The quantitative estimate of drug-likeness (QED) is 0.758. The standard InChI is InChI=1S/C12H17ClN2O/c1-4-8-15(9(2)3)12(16)10-6-5-7-14-11(10)13/h5-7,9H,4,8H2,1-3H3. The summed E-state index contributed by atoms with van der Waals surface area (Å²) in [5.74, 6) is -0.0463. The van der Waals surface area contributed by atoms with E-state index in [-0.39, 0.29) is 17.1 Å². The Labute approximate surface area is 101 Å². The van der Waals surface area contributed by atoms with E-state index in [1.807, 2.05) is 25.7 Å². The molecule has 0 N–H and O–H groups in total. The minimum atomic E-state index is -0.0463. The normalized spacial score (nSPS) is 10.6. The number of nitrogens with zero attached hydrogens (tertiary/aromatic N) is 2. The van der Waals surface area contributed by atoms with Gasteiger partial charge in [-0.15, -0.1) is 0 Å². The molecule has 0 aliphatic carbocycles. The van der Waals surface area contributed by atoms with Gasteiger partial charge in [-0.25, -0.2) is 4.98 Å². The number of carbonyl (C=O) groups is 1. The number of amides is 1. The molecule has 0 aliphatic rings. The highest BCUT2D eigenvalue weighted by Gasteiger charge is 2.20. The van der Waals surface area contributed by atoms with E-state index in [1.165, 1.54) is 0 Å². The van der Waals surface area contributed by atoms with Crippen LogP contribution in [0.3, 0.4) is 0 Å². The Kier molecular flexibility index (Phi) is 4.74. The molecule has 0 fully saturated rings. The third kappa shape index (κ3) is 2.95. The zero-order valence-corrected chi connectivity index (χ0v) is 10.7. The summed E-state index contributed by atoms with van der Waals surface area (Å²) < 4.78 is 0. The van der Waals surface area contributed by atoms with Crippen molar-refractivity contribution in [1.29, 1.82) is 0 Å². The summed E-state index contributed by atoms with van der Waals surface area (Å²) in [5, 5.41) is 0.272. The highest BCUT2D eigenvalue weighted by atomic mass is 35.5. The van der Waals surface area contributed by atoms with E-state index in [4.69, 9.17) is 11.6 Å². The van der Waals surface area contributed by atoms with Gasteiger partial charge in [0.05, 0.1) is 5.56 Å². The van der Waals surface area contributed by atoms with Crippen molar-refractivity contribution in [2.45, 2.75) is 33.2 Å². The van der Waals surface area contributed by atoms with Crippen LogP contribution in [-0.2, 0) is 0 Å². The number of hydrogen-bond donors (Lipinski definition) is 0. The Balaban J connectivity index is 2.95. The van der Waals surface area contributed by atoms with Gasteiger partial charge in [0.25, 0.3) is 5.91 Å². The fourth-order valence-electron chi connectivity index (χ4n) is 1.54. The van der Waals surface area contributed by atoms with Crippen molar-refractivity contribution in [3.05, 3.63) is 29.0 Å². The fraction of sp³-hybridized carbons (Fsp3) is 0.500. The van der Waals surface area contributed by atoms with Crippen LogP contribution in [0.2, 0.25) is 5.15 Å². The molecular formula is C12H17ClN2O. The first-order valence-corrected chi connectivity index (χ1v) is 5.87. The molecule has 1 aromatic heterocycles. The lowest BCUT2D eigenvalue weighted by molar-refractivity contribution is 0.0705. The molecule has 0 spiro atoms. The first-order chi connectivity index (χ1) is 7.57. The number of hydrogen-bond acceptors (Lipinski definition) is 2. The third-order valence-corrected chi connectivity index (χ3v) is 2.64. The number of halogens is 1. The Bertz CT molecular complexity index is 366. The molecule has 1 amide bonds. The van der Waals surface area contributed by atoms with Crippen LogP contribution in [0.5, 0.6) is 0 Å². The van der Waals surface area contributed by atoms with Gasteiger partial charge in [-0.3, -0.25) is 4.79 Å². The minimum Gasteiger partial charge on any atom is -0.336 e. The Hall–Kier alpha value is -1.09. The largest absolute Gasteiger partial charge is 0.336 e. The van der Waals surface area contributed by atoms with Gasteiger partial charge in [0.1, 0.15) is 5.15 Å². The first-order valence-electron chi connectivity index (χ1n) is 5.49. The lowest BCUT2D eigenvalue weighted by atomic mass is 10.2. The van der Waals surface area contributed by atoms with Gasteiger partial charge in [-0.05, 0) is 32.4 Å². The molecule has 0 aromatic carbocycles. The molecule has 0 aliphatic heterocycles. The highest BCUT2D eigenvalue weighted by Crippen LogP contribution is 2.16. The molecule has 1 aromatic rings. The van der Waals surface area contributed by atoms with Crippen molar-refractivity contribution in [3.63, 3.8) is 0 Å². The highest BCUT2D eigenvalue weighted by molar-refractivity contribution is 6.32. The van der Waals surface area contributed by atoms with E-state index in [9.17, 15) is 4.79 Å². The van der Waals surface area contributed by atoms with Crippen LogP contribution >= 0.6 is 11.6 Å². The van der Waals surface area contributed by atoms with Crippen molar-refractivity contribution < 1.29 is 4.79 Å². The van der Waals surface area contributed by atoms with Crippen molar-refractivity contribution in [2.24, 2.45) is 0 Å². The van der Waals surface area contributed by atoms with E-state index in [0.29, 0.717) is 5.56 Å². The second-order valence-electron chi connectivity index (χ2n) is 3.93. The van der Waals surface area contributed by atoms with Gasteiger partial charge in [0.2, 0.25) is 0 Å². The molecule has 4 heteroatoms. The summed E-state index contributed by atoms with van der Waals surface area (Å²) in [6.45, 7) is 6.78. The molecule has 88 valence electrons. The SMILES string of the molecule is CCCN(C(=O)c1cccnc1Cl)C(C)C. The fourth-order valence-corrected chi connectivity index (χ4v) is 1.74. The third-order valence-electron chi connectivity index (χ3n) is 2.34. The molecule has 0 saturated heterocycles. The topological polar surface area (TPSA) is 33.2 Å². The van der Waals surface area contributed by atoms with E-state index < -0.39 is 0 Å². The smallest absolute Gasteiger partial charge is 0.257 e. The monoisotopic (exact) mass is 240 g/mol. The minimum absolute atomic E-state index is 0.0463. The van der Waals surface area contributed by atoms with Crippen LogP contribution in [0.1, 0.15) is 37.6 Å². The van der Waals surface area contributed by atoms with Crippen LogP contribution in [-0.4, -0.2) is 28.4 Å². The van der Waals surface area contributed by atoms with Crippen LogP contribution in [0, 0.1) is 0 Å². The predicted octanol–water partition coefficient (Wildman–Crippen LogP) is 3.00. The maximum atomic E-state index is 12.2. The Morgan fingerprint density at radius 1 is 1.56 bits per heavy atom. The number of rotatable bonds is 4. The molecule has 16 heavy (non-hydrogen) atoms. The van der Waals surface area contributed by atoms with Crippen LogP contribution in [0.4, 0.5) is 0 Å². The van der Waals surface area contributed by atoms with Crippen LogP contribution in [0.15, 0.2) is 18.3 Å². The summed E-state index contributed by atoms with van der Waals surface area (Å²) in [5.41, 5.74) is 0.478. The molecule has 0 atom stereocenters. The molecular weight excluding hydrogens is 224 g/mol. The van der Waals surface area contributed by atoms with Crippen LogP contribution < -0.4 is 0 Å². The number of carbonyl (C=O) groups excluding carboxylic acids is 1. The van der Waals surface area contributed by atoms with Crippen molar-refractivity contribution in [2.75, 3.05) is 6.54 Å². The van der Waals surface area contributed by atoms with E-state index in [2.05, 4.69) is 4.98 Å².